The Morgan fingerprint density at radius 3 is 1.84 bits per heavy atom. The van der Waals surface area contributed by atoms with Gasteiger partial charge in [0, 0.05) is 33.4 Å². The number of hydrogen-bond donors (Lipinski definition) is 0. The molecule has 0 atom stereocenters. The normalized spacial score (nSPS) is 11.5. The van der Waals surface area contributed by atoms with Gasteiger partial charge in [-0.15, -0.1) is 0 Å². The molecule has 0 aliphatic rings. The summed E-state index contributed by atoms with van der Waals surface area (Å²) in [6, 6.07) is 63.5. The zero-order chi connectivity index (χ0) is 33.7. The molecule has 2 aromatic heterocycles. The molecule has 0 saturated carbocycles. The van der Waals surface area contributed by atoms with Crippen LogP contribution < -0.4 is 4.90 Å². The molecule has 4 nitrogen and oxygen atoms in total. The molecule has 0 N–H and O–H groups in total. The highest BCUT2D eigenvalue weighted by molar-refractivity contribution is 6.12. The van der Waals surface area contributed by atoms with Crippen molar-refractivity contribution in [3.8, 4) is 33.7 Å². The summed E-state index contributed by atoms with van der Waals surface area (Å²) in [6.45, 7) is 0. The molecule has 8 aromatic carbocycles. The van der Waals surface area contributed by atoms with Crippen LogP contribution in [0.2, 0.25) is 0 Å². The van der Waals surface area contributed by atoms with Gasteiger partial charge in [0.25, 0.3) is 0 Å². The smallest absolute Gasteiger partial charge is 0.228 e. The summed E-state index contributed by atoms with van der Waals surface area (Å²) in [6.07, 6.45) is 0. The van der Waals surface area contributed by atoms with Crippen molar-refractivity contribution in [1.29, 1.82) is 0 Å². The zero-order valence-corrected chi connectivity index (χ0v) is 27.5. The Labute approximate surface area is 294 Å². The summed E-state index contributed by atoms with van der Waals surface area (Å²) < 4.78 is 12.6. The first-order valence-corrected chi connectivity index (χ1v) is 17.1. The van der Waals surface area contributed by atoms with Gasteiger partial charge in [0.1, 0.15) is 16.7 Å². The van der Waals surface area contributed by atoms with Gasteiger partial charge in [-0.3, -0.25) is 0 Å². The highest BCUT2D eigenvalue weighted by Crippen LogP contribution is 2.40. The SMILES string of the molecule is c1ccc(N(c2ccc(-c3ccc4c(c3)oc3cccc(-c5nc6ccccc6o5)c34)cc2)c2ccc(-c3cccc4ccccc34)cc2)cc1. The summed E-state index contributed by atoms with van der Waals surface area (Å²) in [4.78, 5) is 7.07. The van der Waals surface area contributed by atoms with Crippen molar-refractivity contribution in [2.75, 3.05) is 4.90 Å². The number of aromatic nitrogens is 1. The van der Waals surface area contributed by atoms with Crippen molar-refractivity contribution < 1.29 is 8.83 Å². The van der Waals surface area contributed by atoms with Gasteiger partial charge in [0.15, 0.2) is 5.58 Å². The number of fused-ring (bicyclic) bond motifs is 5. The molecule has 10 aromatic rings. The fourth-order valence-electron chi connectivity index (χ4n) is 7.27. The molecule has 0 amide bonds. The number of furan rings is 1. The van der Waals surface area contributed by atoms with Gasteiger partial charge < -0.3 is 13.7 Å². The van der Waals surface area contributed by atoms with Gasteiger partial charge in [-0.1, -0.05) is 109 Å². The molecule has 240 valence electrons. The Hall–Kier alpha value is -6.91. The quantitative estimate of drug-likeness (QED) is 0.179. The number of oxazole rings is 1. The van der Waals surface area contributed by atoms with E-state index in [1.165, 1.54) is 21.9 Å². The summed E-state index contributed by atoms with van der Waals surface area (Å²) >= 11 is 0. The third-order valence-corrected chi connectivity index (χ3v) is 9.72. The maximum atomic E-state index is 6.42. The van der Waals surface area contributed by atoms with Crippen LogP contribution in [-0.4, -0.2) is 4.98 Å². The second-order valence-corrected chi connectivity index (χ2v) is 12.8. The molecule has 0 radical (unpaired) electrons. The van der Waals surface area contributed by atoms with Crippen molar-refractivity contribution >= 4 is 60.9 Å². The minimum absolute atomic E-state index is 0.593. The molecule has 0 aliphatic carbocycles. The summed E-state index contributed by atoms with van der Waals surface area (Å²) in [5.74, 6) is 0.593. The summed E-state index contributed by atoms with van der Waals surface area (Å²) in [5.41, 5.74) is 12.1. The average Bonchev–Trinajstić information content (AvgIpc) is 3.80. The number of nitrogens with zero attached hydrogens (tertiary/aromatic N) is 2. The van der Waals surface area contributed by atoms with E-state index in [1.54, 1.807) is 0 Å². The van der Waals surface area contributed by atoms with Crippen LogP contribution in [0.15, 0.2) is 191 Å². The molecule has 0 fully saturated rings. The lowest BCUT2D eigenvalue weighted by Gasteiger charge is -2.26. The first-order valence-electron chi connectivity index (χ1n) is 17.1. The van der Waals surface area contributed by atoms with E-state index in [2.05, 4.69) is 144 Å². The van der Waals surface area contributed by atoms with Crippen LogP contribution in [0.4, 0.5) is 17.1 Å². The lowest BCUT2D eigenvalue weighted by molar-refractivity contribution is 0.620. The summed E-state index contributed by atoms with van der Waals surface area (Å²) in [5, 5.41) is 4.54. The van der Waals surface area contributed by atoms with Gasteiger partial charge >= 0.3 is 0 Å². The number of para-hydroxylation sites is 3. The number of benzene rings is 8. The van der Waals surface area contributed by atoms with Crippen molar-refractivity contribution in [2.24, 2.45) is 0 Å². The average molecular weight is 655 g/mol. The van der Waals surface area contributed by atoms with E-state index in [0.29, 0.717) is 5.89 Å². The van der Waals surface area contributed by atoms with Gasteiger partial charge in [-0.25, -0.2) is 4.98 Å². The molecule has 2 heterocycles. The van der Waals surface area contributed by atoms with Gasteiger partial charge in [-0.2, -0.15) is 0 Å². The van der Waals surface area contributed by atoms with Gasteiger partial charge in [-0.05, 0) is 106 Å². The number of hydrogen-bond acceptors (Lipinski definition) is 4. The lowest BCUT2D eigenvalue weighted by Crippen LogP contribution is -2.09. The molecule has 0 bridgehead atoms. The molecular formula is C47H30N2O2. The Morgan fingerprint density at radius 1 is 0.392 bits per heavy atom. The summed E-state index contributed by atoms with van der Waals surface area (Å²) in [7, 11) is 0. The predicted molar refractivity (Wildman–Crippen MR) is 210 cm³/mol. The first kappa shape index (κ1) is 29.0. The van der Waals surface area contributed by atoms with E-state index in [4.69, 9.17) is 13.8 Å². The molecule has 0 spiro atoms. The molecule has 10 rings (SSSR count). The van der Waals surface area contributed by atoms with Crippen LogP contribution >= 0.6 is 0 Å². The van der Waals surface area contributed by atoms with Crippen molar-refractivity contribution in [3.63, 3.8) is 0 Å². The second kappa shape index (κ2) is 11.9. The number of anilines is 3. The minimum Gasteiger partial charge on any atom is -0.456 e. The molecule has 51 heavy (non-hydrogen) atoms. The third-order valence-electron chi connectivity index (χ3n) is 9.72. The molecular weight excluding hydrogens is 625 g/mol. The fourth-order valence-corrected chi connectivity index (χ4v) is 7.27. The molecule has 0 aliphatic heterocycles. The standard InChI is InChI=1S/C47H30N2O2/c1-2-12-35(13-3-1)49(37-27-22-33(23-28-37)39-15-8-11-32-10-4-5-14-38(32)39)36-25-20-31(21-26-36)34-24-29-40-45(30-34)50-44-19-9-16-41(46(40)44)47-48-42-17-6-7-18-43(42)51-47/h1-30H. The van der Waals surface area contributed by atoms with E-state index in [0.717, 1.165) is 66.8 Å². The second-order valence-electron chi connectivity index (χ2n) is 12.8. The first-order chi connectivity index (χ1) is 25.3. The fraction of sp³-hybridized carbons (Fsp3) is 0. The van der Waals surface area contributed by atoms with Crippen molar-refractivity contribution in [2.45, 2.75) is 0 Å². The van der Waals surface area contributed by atoms with Crippen LogP contribution in [0.25, 0.3) is 77.5 Å². The maximum absolute atomic E-state index is 6.42. The Bertz CT molecular complexity index is 2810. The molecule has 0 unspecified atom stereocenters. The topological polar surface area (TPSA) is 42.4 Å². The van der Waals surface area contributed by atoms with E-state index < -0.39 is 0 Å². The van der Waals surface area contributed by atoms with E-state index >= 15 is 0 Å². The Morgan fingerprint density at radius 2 is 1.02 bits per heavy atom. The van der Waals surface area contributed by atoms with E-state index in [9.17, 15) is 0 Å². The van der Waals surface area contributed by atoms with Gasteiger partial charge in [0.05, 0.1) is 0 Å². The van der Waals surface area contributed by atoms with E-state index in [-0.39, 0.29) is 0 Å². The van der Waals surface area contributed by atoms with Gasteiger partial charge in [0.2, 0.25) is 5.89 Å². The maximum Gasteiger partial charge on any atom is 0.228 e. The van der Waals surface area contributed by atoms with E-state index in [1.807, 2.05) is 42.5 Å². The highest BCUT2D eigenvalue weighted by atomic mass is 16.3. The third kappa shape index (κ3) is 5.04. The Balaban J connectivity index is 0.997. The van der Waals surface area contributed by atoms with Crippen LogP contribution in [-0.2, 0) is 0 Å². The zero-order valence-electron chi connectivity index (χ0n) is 27.5. The van der Waals surface area contributed by atoms with Crippen LogP contribution in [0.1, 0.15) is 0 Å². The lowest BCUT2D eigenvalue weighted by atomic mass is 9.98. The van der Waals surface area contributed by atoms with Crippen LogP contribution in [0.5, 0.6) is 0 Å². The largest absolute Gasteiger partial charge is 0.456 e. The number of rotatable bonds is 6. The van der Waals surface area contributed by atoms with Crippen molar-refractivity contribution in [1.82, 2.24) is 4.98 Å². The molecule has 0 saturated heterocycles. The van der Waals surface area contributed by atoms with Crippen molar-refractivity contribution in [3.05, 3.63) is 182 Å². The molecule has 4 heteroatoms. The predicted octanol–water partition coefficient (Wildman–Crippen LogP) is 13.4. The van der Waals surface area contributed by atoms with Crippen LogP contribution in [0.3, 0.4) is 0 Å². The highest BCUT2D eigenvalue weighted by Gasteiger charge is 2.18. The Kier molecular flexibility index (Phi) is 6.78. The van der Waals surface area contributed by atoms with Crippen LogP contribution in [0, 0.1) is 0 Å². The monoisotopic (exact) mass is 654 g/mol. The minimum atomic E-state index is 0.593.